The van der Waals surface area contributed by atoms with Gasteiger partial charge in [-0.2, -0.15) is 0 Å². The Bertz CT molecular complexity index is 702. The summed E-state index contributed by atoms with van der Waals surface area (Å²) in [6.45, 7) is 0.301. The van der Waals surface area contributed by atoms with Crippen LogP contribution in [0.25, 0.3) is 0 Å². The third-order valence-corrected chi connectivity index (χ3v) is 3.33. The molecule has 0 fully saturated rings. The molecule has 1 N–H and O–H groups in total. The molecule has 2 amide bonds. The molecule has 0 unspecified atom stereocenters. The lowest BCUT2D eigenvalue weighted by Crippen LogP contribution is -2.35. The largest absolute Gasteiger partial charge is 0.324 e. The first-order valence-electron chi connectivity index (χ1n) is 6.30. The van der Waals surface area contributed by atoms with Crippen molar-refractivity contribution >= 4 is 29.1 Å². The molecule has 1 aliphatic rings. The van der Waals surface area contributed by atoms with Gasteiger partial charge in [-0.15, -0.1) is 10.2 Å². The Balaban J connectivity index is 1.90. The summed E-state index contributed by atoms with van der Waals surface area (Å²) in [5.41, 5.74) is 1.75. The predicted octanol–water partition coefficient (Wildman–Crippen LogP) is 1.72. The predicted molar refractivity (Wildman–Crippen MR) is 76.9 cm³/mol. The molecule has 0 spiro atoms. The molecule has 0 saturated heterocycles. The van der Waals surface area contributed by atoms with Crippen molar-refractivity contribution in [3.63, 3.8) is 0 Å². The highest BCUT2D eigenvalue weighted by Gasteiger charge is 2.24. The van der Waals surface area contributed by atoms with Gasteiger partial charge < -0.3 is 10.2 Å². The van der Waals surface area contributed by atoms with Crippen LogP contribution < -0.4 is 5.32 Å². The molecule has 2 aromatic rings. The first kappa shape index (κ1) is 13.5. The molecule has 2 heterocycles. The fourth-order valence-corrected chi connectivity index (χ4v) is 2.24. The molecule has 1 aliphatic heterocycles. The second-order valence-electron chi connectivity index (χ2n) is 4.61. The molecule has 7 heteroatoms. The van der Waals surface area contributed by atoms with E-state index in [1.54, 1.807) is 0 Å². The number of nitrogens with one attached hydrogen (secondary N) is 1. The zero-order valence-corrected chi connectivity index (χ0v) is 11.7. The number of amides is 2. The van der Waals surface area contributed by atoms with Crippen LogP contribution in [0.15, 0.2) is 36.4 Å². The molecule has 6 nitrogen and oxygen atoms in total. The lowest BCUT2D eigenvalue weighted by atomic mass is 10.1. The average molecular weight is 303 g/mol. The van der Waals surface area contributed by atoms with E-state index < -0.39 is 0 Å². The van der Waals surface area contributed by atoms with E-state index >= 15 is 0 Å². The number of nitrogens with zero attached hydrogens (tertiary/aromatic N) is 3. The van der Waals surface area contributed by atoms with E-state index in [4.69, 9.17) is 11.6 Å². The van der Waals surface area contributed by atoms with E-state index in [1.807, 2.05) is 24.3 Å². The quantitative estimate of drug-likeness (QED) is 0.870. The minimum absolute atomic E-state index is 0.0299. The summed E-state index contributed by atoms with van der Waals surface area (Å²) in [5.74, 6) is -0.596. The van der Waals surface area contributed by atoms with Gasteiger partial charge in [0.05, 0.1) is 0 Å². The third kappa shape index (κ3) is 2.85. The molecular formula is C14H11ClN4O2. The Morgan fingerprint density at radius 1 is 1.14 bits per heavy atom. The number of hydrogen-bond donors (Lipinski definition) is 1. The van der Waals surface area contributed by atoms with Crippen molar-refractivity contribution in [1.82, 2.24) is 15.1 Å². The standard InChI is InChI=1S/C14H11ClN4O2/c15-12-6-5-11(17-18-12)14(21)19-7-9-3-1-2-4-10(9)16-13(20)8-19/h1-6H,7-8H2,(H,16,20). The first-order chi connectivity index (χ1) is 10.1. The first-order valence-corrected chi connectivity index (χ1v) is 6.67. The van der Waals surface area contributed by atoms with Gasteiger partial charge in [0, 0.05) is 12.2 Å². The van der Waals surface area contributed by atoms with E-state index in [2.05, 4.69) is 15.5 Å². The van der Waals surface area contributed by atoms with Crippen molar-refractivity contribution < 1.29 is 9.59 Å². The number of carbonyl (C=O) groups excluding carboxylic acids is 2. The zero-order chi connectivity index (χ0) is 14.8. The second-order valence-corrected chi connectivity index (χ2v) is 5.00. The smallest absolute Gasteiger partial charge is 0.275 e. The van der Waals surface area contributed by atoms with Crippen LogP contribution in [0.2, 0.25) is 5.15 Å². The van der Waals surface area contributed by atoms with Gasteiger partial charge in [-0.1, -0.05) is 29.8 Å². The van der Waals surface area contributed by atoms with Crippen LogP contribution in [0.1, 0.15) is 16.1 Å². The lowest BCUT2D eigenvalue weighted by Gasteiger charge is -2.18. The number of halogens is 1. The summed E-state index contributed by atoms with van der Waals surface area (Å²) in [5, 5.41) is 10.4. The topological polar surface area (TPSA) is 75.2 Å². The molecule has 0 bridgehead atoms. The van der Waals surface area contributed by atoms with Gasteiger partial charge in [-0.05, 0) is 23.8 Å². The molecule has 0 aliphatic carbocycles. The van der Waals surface area contributed by atoms with Crippen LogP contribution in [0.5, 0.6) is 0 Å². The van der Waals surface area contributed by atoms with Gasteiger partial charge in [-0.3, -0.25) is 9.59 Å². The Morgan fingerprint density at radius 3 is 2.71 bits per heavy atom. The minimum Gasteiger partial charge on any atom is -0.324 e. The highest BCUT2D eigenvalue weighted by molar-refractivity contribution is 6.29. The number of rotatable bonds is 1. The van der Waals surface area contributed by atoms with Crippen molar-refractivity contribution in [1.29, 1.82) is 0 Å². The summed E-state index contributed by atoms with van der Waals surface area (Å²) in [7, 11) is 0. The number of carbonyl (C=O) groups is 2. The summed E-state index contributed by atoms with van der Waals surface area (Å²) in [4.78, 5) is 25.7. The van der Waals surface area contributed by atoms with Crippen molar-refractivity contribution in [2.75, 3.05) is 11.9 Å². The van der Waals surface area contributed by atoms with Crippen molar-refractivity contribution in [2.24, 2.45) is 0 Å². The maximum atomic E-state index is 12.4. The van der Waals surface area contributed by atoms with Gasteiger partial charge in [0.2, 0.25) is 5.91 Å². The summed E-state index contributed by atoms with van der Waals surface area (Å²) in [6.07, 6.45) is 0. The Hall–Kier alpha value is -2.47. The Kier molecular flexibility index (Phi) is 3.53. The fourth-order valence-electron chi connectivity index (χ4n) is 2.14. The van der Waals surface area contributed by atoms with Crippen LogP contribution in [-0.4, -0.2) is 33.5 Å². The number of fused-ring (bicyclic) bond motifs is 1. The number of benzene rings is 1. The number of aromatic nitrogens is 2. The Labute approximate surface area is 125 Å². The van der Waals surface area contributed by atoms with E-state index in [9.17, 15) is 9.59 Å². The molecular weight excluding hydrogens is 292 g/mol. The van der Waals surface area contributed by atoms with Crippen LogP contribution in [0.3, 0.4) is 0 Å². The highest BCUT2D eigenvalue weighted by atomic mass is 35.5. The van der Waals surface area contributed by atoms with Gasteiger partial charge in [-0.25, -0.2) is 0 Å². The van der Waals surface area contributed by atoms with Crippen LogP contribution in [0, 0.1) is 0 Å². The lowest BCUT2D eigenvalue weighted by molar-refractivity contribution is -0.116. The molecule has 0 atom stereocenters. The van der Waals surface area contributed by atoms with Crippen LogP contribution in [-0.2, 0) is 11.3 Å². The monoisotopic (exact) mass is 302 g/mol. The van der Waals surface area contributed by atoms with Crippen molar-refractivity contribution in [2.45, 2.75) is 6.54 Å². The number of hydrogen-bond acceptors (Lipinski definition) is 4. The molecule has 0 saturated carbocycles. The average Bonchev–Trinajstić information content (AvgIpc) is 2.65. The normalized spacial score (nSPS) is 14.1. The summed E-state index contributed by atoms with van der Waals surface area (Å²) < 4.78 is 0. The molecule has 0 radical (unpaired) electrons. The van der Waals surface area contributed by atoms with Gasteiger partial charge >= 0.3 is 0 Å². The fraction of sp³-hybridized carbons (Fsp3) is 0.143. The van der Waals surface area contributed by atoms with Crippen LogP contribution >= 0.6 is 11.6 Å². The molecule has 21 heavy (non-hydrogen) atoms. The highest BCUT2D eigenvalue weighted by Crippen LogP contribution is 2.21. The van der Waals surface area contributed by atoms with E-state index in [0.29, 0.717) is 6.54 Å². The summed E-state index contributed by atoms with van der Waals surface area (Å²) in [6, 6.07) is 10.4. The second kappa shape index (κ2) is 5.49. The minimum atomic E-state index is -0.356. The summed E-state index contributed by atoms with van der Waals surface area (Å²) >= 11 is 5.66. The number of anilines is 1. The van der Waals surface area contributed by atoms with E-state index in [1.165, 1.54) is 17.0 Å². The number of para-hydroxylation sites is 1. The molecule has 1 aromatic heterocycles. The Morgan fingerprint density at radius 2 is 1.95 bits per heavy atom. The van der Waals surface area contributed by atoms with Gasteiger partial charge in [0.1, 0.15) is 6.54 Å². The van der Waals surface area contributed by atoms with Crippen LogP contribution in [0.4, 0.5) is 5.69 Å². The third-order valence-electron chi connectivity index (χ3n) is 3.13. The van der Waals surface area contributed by atoms with E-state index in [0.717, 1.165) is 11.3 Å². The van der Waals surface area contributed by atoms with E-state index in [-0.39, 0.29) is 29.2 Å². The van der Waals surface area contributed by atoms with Gasteiger partial charge in [0.25, 0.3) is 5.91 Å². The SMILES string of the molecule is O=C1CN(C(=O)c2ccc(Cl)nn2)Cc2ccccc2N1. The molecule has 1 aromatic carbocycles. The zero-order valence-electron chi connectivity index (χ0n) is 10.9. The van der Waals surface area contributed by atoms with Crippen molar-refractivity contribution in [3.05, 3.63) is 52.8 Å². The maximum absolute atomic E-state index is 12.4. The van der Waals surface area contributed by atoms with Crippen molar-refractivity contribution in [3.8, 4) is 0 Å². The maximum Gasteiger partial charge on any atom is 0.275 e. The van der Waals surface area contributed by atoms with Gasteiger partial charge in [0.15, 0.2) is 10.8 Å². The molecule has 106 valence electrons. The molecule has 3 rings (SSSR count).